The Kier molecular flexibility index (Phi) is 2.15. The molecule has 15 heavy (non-hydrogen) atoms. The zero-order chi connectivity index (χ0) is 11.0. The van der Waals surface area contributed by atoms with Crippen molar-refractivity contribution in [1.82, 2.24) is 15.1 Å². The van der Waals surface area contributed by atoms with Crippen molar-refractivity contribution in [3.63, 3.8) is 0 Å². The minimum atomic E-state index is 0.0382. The first kappa shape index (κ1) is 9.64. The maximum atomic E-state index is 11.2. The standard InChI is InChI=1S/C10H12N4O/c1-7(15)8-4-5-9-10(6-8)12-14(11-9)13(2)3/h4-6H,1-3H3. The predicted octanol–water partition coefficient (Wildman–Crippen LogP) is 0.831. The summed E-state index contributed by atoms with van der Waals surface area (Å²) in [7, 11) is 3.70. The highest BCUT2D eigenvalue weighted by atomic mass is 16.1. The number of aromatic nitrogens is 3. The molecule has 0 radical (unpaired) electrons. The minimum Gasteiger partial charge on any atom is -0.295 e. The maximum Gasteiger partial charge on any atom is 0.159 e. The van der Waals surface area contributed by atoms with Gasteiger partial charge in [0.15, 0.2) is 5.78 Å². The molecule has 0 N–H and O–H groups in total. The van der Waals surface area contributed by atoms with Gasteiger partial charge in [-0.2, -0.15) is 0 Å². The zero-order valence-corrected chi connectivity index (χ0v) is 8.93. The number of rotatable bonds is 2. The molecular weight excluding hydrogens is 192 g/mol. The Morgan fingerprint density at radius 1 is 1.27 bits per heavy atom. The summed E-state index contributed by atoms with van der Waals surface area (Å²) in [6.07, 6.45) is 0. The summed E-state index contributed by atoms with van der Waals surface area (Å²) in [5.74, 6) is 0.0382. The second-order valence-corrected chi connectivity index (χ2v) is 3.58. The molecule has 5 nitrogen and oxygen atoms in total. The third-order valence-corrected chi connectivity index (χ3v) is 2.13. The Balaban J connectivity index is 2.57. The number of carbonyl (C=O) groups excluding carboxylic acids is 1. The lowest BCUT2D eigenvalue weighted by Crippen LogP contribution is -2.27. The Hall–Kier alpha value is -1.91. The number of Topliss-reactive ketones (excluding diaryl/α,β-unsaturated/α-hetero) is 1. The van der Waals surface area contributed by atoms with E-state index in [1.807, 2.05) is 14.1 Å². The van der Waals surface area contributed by atoms with Gasteiger partial charge in [0, 0.05) is 19.7 Å². The average molecular weight is 204 g/mol. The first-order chi connectivity index (χ1) is 7.08. The van der Waals surface area contributed by atoms with Crippen LogP contribution in [0, 0.1) is 0 Å². The van der Waals surface area contributed by atoms with Crippen molar-refractivity contribution in [2.24, 2.45) is 0 Å². The van der Waals surface area contributed by atoms with E-state index < -0.39 is 0 Å². The van der Waals surface area contributed by atoms with Crippen LogP contribution in [0.15, 0.2) is 18.2 Å². The quantitative estimate of drug-likeness (QED) is 0.680. The molecule has 0 aliphatic carbocycles. The van der Waals surface area contributed by atoms with Crippen LogP contribution in [0.2, 0.25) is 0 Å². The van der Waals surface area contributed by atoms with Crippen LogP contribution in [0.3, 0.4) is 0 Å². The molecule has 0 saturated heterocycles. The van der Waals surface area contributed by atoms with E-state index in [9.17, 15) is 4.79 Å². The van der Waals surface area contributed by atoms with E-state index in [1.54, 1.807) is 23.2 Å². The summed E-state index contributed by atoms with van der Waals surface area (Å²) in [6.45, 7) is 1.54. The fourth-order valence-corrected chi connectivity index (χ4v) is 1.30. The van der Waals surface area contributed by atoms with Crippen LogP contribution in [0.1, 0.15) is 17.3 Å². The van der Waals surface area contributed by atoms with Crippen LogP contribution >= 0.6 is 0 Å². The fraction of sp³-hybridized carbons (Fsp3) is 0.300. The van der Waals surface area contributed by atoms with Crippen molar-refractivity contribution in [3.8, 4) is 0 Å². The molecule has 0 aliphatic rings. The zero-order valence-electron chi connectivity index (χ0n) is 8.93. The second kappa shape index (κ2) is 3.34. The SMILES string of the molecule is CC(=O)c1ccc2nn(N(C)C)nc2c1. The molecule has 2 rings (SSSR count). The Morgan fingerprint density at radius 2 is 1.93 bits per heavy atom. The smallest absolute Gasteiger partial charge is 0.159 e. The minimum absolute atomic E-state index is 0.0382. The molecule has 0 saturated carbocycles. The molecule has 0 spiro atoms. The van der Waals surface area contributed by atoms with Crippen LogP contribution in [0.5, 0.6) is 0 Å². The fourth-order valence-electron chi connectivity index (χ4n) is 1.30. The summed E-state index contributed by atoms with van der Waals surface area (Å²) in [5, 5.41) is 10.2. The van der Waals surface area contributed by atoms with E-state index in [0.29, 0.717) is 5.56 Å². The predicted molar refractivity (Wildman–Crippen MR) is 57.6 cm³/mol. The summed E-state index contributed by atoms with van der Waals surface area (Å²) in [5.41, 5.74) is 2.18. The van der Waals surface area contributed by atoms with E-state index in [-0.39, 0.29) is 5.78 Å². The molecule has 1 heterocycles. The van der Waals surface area contributed by atoms with Crippen LogP contribution < -0.4 is 5.01 Å². The van der Waals surface area contributed by atoms with E-state index in [4.69, 9.17) is 0 Å². The van der Waals surface area contributed by atoms with Gasteiger partial charge in [0.2, 0.25) is 0 Å². The molecule has 0 unspecified atom stereocenters. The molecule has 78 valence electrons. The van der Waals surface area contributed by atoms with Gasteiger partial charge >= 0.3 is 0 Å². The van der Waals surface area contributed by atoms with Crippen molar-refractivity contribution in [3.05, 3.63) is 23.8 Å². The van der Waals surface area contributed by atoms with Crippen LogP contribution in [-0.2, 0) is 0 Å². The van der Waals surface area contributed by atoms with Gasteiger partial charge in [-0.3, -0.25) is 9.80 Å². The molecule has 0 aliphatic heterocycles. The normalized spacial score (nSPS) is 10.6. The second-order valence-electron chi connectivity index (χ2n) is 3.58. The third kappa shape index (κ3) is 1.68. The topological polar surface area (TPSA) is 51.0 Å². The van der Waals surface area contributed by atoms with Gasteiger partial charge in [-0.25, -0.2) is 0 Å². The van der Waals surface area contributed by atoms with Gasteiger partial charge in [0.05, 0.1) is 0 Å². The number of fused-ring (bicyclic) bond motifs is 1. The molecular formula is C10H12N4O. The summed E-state index contributed by atoms with van der Waals surface area (Å²) >= 11 is 0. The Bertz CT molecular complexity index is 515. The highest BCUT2D eigenvalue weighted by molar-refractivity contribution is 5.97. The maximum absolute atomic E-state index is 11.2. The monoisotopic (exact) mass is 204 g/mol. The molecule has 0 bridgehead atoms. The molecule has 2 aromatic rings. The van der Waals surface area contributed by atoms with Crippen LogP contribution in [-0.4, -0.2) is 35.0 Å². The molecule has 0 fully saturated rings. The van der Waals surface area contributed by atoms with Crippen molar-refractivity contribution in [1.29, 1.82) is 0 Å². The molecule has 1 aromatic carbocycles. The number of carbonyl (C=O) groups is 1. The van der Waals surface area contributed by atoms with E-state index in [2.05, 4.69) is 10.2 Å². The van der Waals surface area contributed by atoms with Crippen molar-refractivity contribution in [2.75, 3.05) is 19.1 Å². The molecule has 0 amide bonds. The highest BCUT2D eigenvalue weighted by Crippen LogP contribution is 2.11. The molecule has 0 atom stereocenters. The van der Waals surface area contributed by atoms with Gasteiger partial charge < -0.3 is 0 Å². The Labute approximate surface area is 87.3 Å². The first-order valence-electron chi connectivity index (χ1n) is 4.63. The van der Waals surface area contributed by atoms with Crippen LogP contribution in [0.4, 0.5) is 0 Å². The Morgan fingerprint density at radius 3 is 2.53 bits per heavy atom. The lowest BCUT2D eigenvalue weighted by Gasteiger charge is -2.07. The van der Waals surface area contributed by atoms with E-state index in [1.165, 1.54) is 11.8 Å². The summed E-state index contributed by atoms with van der Waals surface area (Å²) in [6, 6.07) is 5.32. The molecule has 1 aromatic heterocycles. The van der Waals surface area contributed by atoms with Gasteiger partial charge in [0.25, 0.3) is 0 Å². The first-order valence-corrected chi connectivity index (χ1v) is 4.63. The van der Waals surface area contributed by atoms with Gasteiger partial charge in [0.1, 0.15) is 11.0 Å². The van der Waals surface area contributed by atoms with E-state index >= 15 is 0 Å². The number of benzene rings is 1. The van der Waals surface area contributed by atoms with Crippen molar-refractivity contribution < 1.29 is 4.79 Å². The number of nitrogens with zero attached hydrogens (tertiary/aromatic N) is 4. The lowest BCUT2D eigenvalue weighted by molar-refractivity contribution is 0.101. The lowest BCUT2D eigenvalue weighted by atomic mass is 10.1. The van der Waals surface area contributed by atoms with Crippen molar-refractivity contribution in [2.45, 2.75) is 6.92 Å². The van der Waals surface area contributed by atoms with Gasteiger partial charge in [-0.1, -0.05) is 4.91 Å². The van der Waals surface area contributed by atoms with E-state index in [0.717, 1.165) is 11.0 Å². The summed E-state index contributed by atoms with van der Waals surface area (Å²) < 4.78 is 0. The number of hydrogen-bond donors (Lipinski definition) is 0. The average Bonchev–Trinajstić information content (AvgIpc) is 2.59. The number of ketones is 1. The third-order valence-electron chi connectivity index (χ3n) is 2.13. The highest BCUT2D eigenvalue weighted by Gasteiger charge is 2.06. The largest absolute Gasteiger partial charge is 0.295 e. The van der Waals surface area contributed by atoms with Gasteiger partial charge in [-0.15, -0.1) is 10.2 Å². The van der Waals surface area contributed by atoms with Crippen LogP contribution in [0.25, 0.3) is 11.0 Å². The van der Waals surface area contributed by atoms with Crippen molar-refractivity contribution >= 4 is 16.8 Å². The number of hydrogen-bond acceptors (Lipinski definition) is 4. The summed E-state index contributed by atoms with van der Waals surface area (Å²) in [4.78, 5) is 12.7. The van der Waals surface area contributed by atoms with Gasteiger partial charge in [-0.05, 0) is 25.1 Å². The molecule has 5 heteroatoms.